The van der Waals surface area contributed by atoms with Crippen LogP contribution in [-0.2, 0) is 16.0 Å². The van der Waals surface area contributed by atoms with Gasteiger partial charge in [-0.2, -0.15) is 0 Å². The van der Waals surface area contributed by atoms with E-state index in [9.17, 15) is 9.59 Å². The summed E-state index contributed by atoms with van der Waals surface area (Å²) in [4.78, 5) is 34.9. The van der Waals surface area contributed by atoms with Crippen LogP contribution in [0.2, 0.25) is 10.2 Å². The molecule has 184 valence electrons. The first kappa shape index (κ1) is 26.0. The highest BCUT2D eigenvalue weighted by Gasteiger charge is 2.40. The minimum absolute atomic E-state index is 0.127. The Labute approximate surface area is 209 Å². The molecule has 2 aromatic rings. The highest BCUT2D eigenvalue weighted by molar-refractivity contribution is 6.32. The summed E-state index contributed by atoms with van der Waals surface area (Å²) in [6, 6.07) is 4.98. The van der Waals surface area contributed by atoms with Crippen LogP contribution in [-0.4, -0.2) is 50.7 Å². The number of halogens is 2. The second-order valence-electron chi connectivity index (χ2n) is 9.89. The maximum Gasteiger partial charge on any atom is 0.410 e. The van der Waals surface area contributed by atoms with Crippen molar-refractivity contribution in [2.75, 3.05) is 11.9 Å². The number of anilines is 1. The summed E-state index contributed by atoms with van der Waals surface area (Å²) < 4.78 is 11.7. The molecule has 1 unspecified atom stereocenters. The van der Waals surface area contributed by atoms with Crippen LogP contribution in [0.15, 0.2) is 30.6 Å². The maximum absolute atomic E-state index is 12.6. The molecule has 0 aliphatic carbocycles. The van der Waals surface area contributed by atoms with Gasteiger partial charge in [0.25, 0.3) is 0 Å². The molecule has 34 heavy (non-hydrogen) atoms. The van der Waals surface area contributed by atoms with Gasteiger partial charge in [-0.1, -0.05) is 29.3 Å². The molecule has 1 saturated heterocycles. The van der Waals surface area contributed by atoms with Crippen molar-refractivity contribution in [1.29, 1.82) is 0 Å². The van der Waals surface area contributed by atoms with Crippen molar-refractivity contribution in [3.05, 3.63) is 46.3 Å². The van der Waals surface area contributed by atoms with Crippen LogP contribution in [0.5, 0.6) is 5.75 Å². The van der Waals surface area contributed by atoms with Gasteiger partial charge in [-0.15, -0.1) is 0 Å². The number of nitrogens with one attached hydrogen (secondary N) is 1. The highest BCUT2D eigenvalue weighted by Crippen LogP contribution is 2.34. The Morgan fingerprint density at radius 3 is 2.56 bits per heavy atom. The Hall–Kier alpha value is -2.58. The van der Waals surface area contributed by atoms with E-state index in [1.807, 2.05) is 34.6 Å². The summed E-state index contributed by atoms with van der Waals surface area (Å²) in [6.07, 6.45) is 3.83. The van der Waals surface area contributed by atoms with Crippen LogP contribution in [0, 0.1) is 0 Å². The van der Waals surface area contributed by atoms with Crippen LogP contribution in [0.25, 0.3) is 0 Å². The fraction of sp³-hybridized carbons (Fsp3) is 0.500. The maximum atomic E-state index is 12.6. The number of amides is 2. The van der Waals surface area contributed by atoms with Crippen molar-refractivity contribution in [3.63, 3.8) is 0 Å². The Morgan fingerprint density at radius 1 is 1.21 bits per heavy atom. The van der Waals surface area contributed by atoms with Crippen molar-refractivity contribution in [1.82, 2.24) is 14.9 Å². The molecular formula is C24H30Cl2N4O4. The molecule has 2 aromatic heterocycles. The lowest BCUT2D eigenvalue weighted by atomic mass is 9.89. The van der Waals surface area contributed by atoms with E-state index in [1.165, 1.54) is 6.20 Å². The summed E-state index contributed by atoms with van der Waals surface area (Å²) >= 11 is 12.1. The van der Waals surface area contributed by atoms with Gasteiger partial charge in [0.05, 0.1) is 12.6 Å². The van der Waals surface area contributed by atoms with E-state index in [0.717, 1.165) is 5.56 Å². The average Bonchev–Trinajstić information content (AvgIpc) is 2.70. The first-order chi connectivity index (χ1) is 15.8. The first-order valence-corrected chi connectivity index (χ1v) is 11.8. The quantitative estimate of drug-likeness (QED) is 0.534. The lowest BCUT2D eigenvalue weighted by molar-refractivity contribution is -0.115. The molecule has 3 heterocycles. The normalized spacial score (nSPS) is 17.7. The number of ether oxygens (including phenoxy) is 2. The monoisotopic (exact) mass is 508 g/mol. The van der Waals surface area contributed by atoms with E-state index < -0.39 is 11.1 Å². The second kappa shape index (κ2) is 10.4. The third-order valence-electron chi connectivity index (χ3n) is 5.28. The summed E-state index contributed by atoms with van der Waals surface area (Å²) in [5, 5.41) is 3.46. The predicted molar refractivity (Wildman–Crippen MR) is 131 cm³/mol. The molecule has 8 nitrogen and oxygen atoms in total. The van der Waals surface area contributed by atoms with Crippen molar-refractivity contribution < 1.29 is 19.1 Å². The summed E-state index contributed by atoms with van der Waals surface area (Å²) in [5.41, 5.74) is -0.295. The summed E-state index contributed by atoms with van der Waals surface area (Å²) in [6.45, 7) is 10.0. The SMILES string of the molecule is CC(C)(C)OC(=O)N1CCC(Oc2cc(NC(=O)Cc3ccc(Cl)nc3)ncc2Cl)CC1(C)C. The van der Waals surface area contributed by atoms with E-state index in [4.69, 9.17) is 32.7 Å². The van der Waals surface area contributed by atoms with Crippen LogP contribution in [0.3, 0.4) is 0 Å². The number of pyridine rings is 2. The number of carbonyl (C=O) groups excluding carboxylic acids is 2. The fourth-order valence-electron chi connectivity index (χ4n) is 3.74. The van der Waals surface area contributed by atoms with Gasteiger partial charge < -0.3 is 19.7 Å². The Bertz CT molecular complexity index is 1040. The second-order valence-corrected chi connectivity index (χ2v) is 10.7. The van der Waals surface area contributed by atoms with Crippen molar-refractivity contribution in [3.8, 4) is 5.75 Å². The zero-order chi connectivity index (χ0) is 25.1. The van der Waals surface area contributed by atoms with Crippen molar-refractivity contribution >= 4 is 41.0 Å². The smallest absolute Gasteiger partial charge is 0.410 e. The van der Waals surface area contributed by atoms with Gasteiger partial charge in [-0.3, -0.25) is 4.79 Å². The number of likely N-dealkylation sites (tertiary alicyclic amines) is 1. The molecule has 0 bridgehead atoms. The molecule has 1 aliphatic heterocycles. The van der Waals surface area contributed by atoms with E-state index in [2.05, 4.69) is 15.3 Å². The molecule has 0 aromatic carbocycles. The van der Waals surface area contributed by atoms with Gasteiger partial charge in [-0.25, -0.2) is 14.8 Å². The van der Waals surface area contributed by atoms with Crippen LogP contribution in [0.4, 0.5) is 10.6 Å². The van der Waals surface area contributed by atoms with Crippen molar-refractivity contribution in [2.45, 2.75) is 71.1 Å². The Balaban J connectivity index is 1.62. The van der Waals surface area contributed by atoms with Crippen LogP contribution < -0.4 is 10.1 Å². The molecule has 1 atom stereocenters. The van der Waals surface area contributed by atoms with E-state index in [0.29, 0.717) is 41.1 Å². The molecular weight excluding hydrogens is 479 g/mol. The lowest BCUT2D eigenvalue weighted by Gasteiger charge is -2.45. The molecule has 2 amide bonds. The van der Waals surface area contributed by atoms with Gasteiger partial charge in [0, 0.05) is 37.2 Å². The molecule has 0 radical (unpaired) electrons. The minimum atomic E-state index is -0.560. The number of aromatic nitrogens is 2. The van der Waals surface area contributed by atoms with E-state index in [-0.39, 0.29) is 24.5 Å². The zero-order valence-electron chi connectivity index (χ0n) is 20.0. The number of rotatable bonds is 5. The Morgan fingerprint density at radius 2 is 1.94 bits per heavy atom. The molecule has 1 fully saturated rings. The molecule has 1 aliphatic rings. The standard InChI is InChI=1S/C24H30Cl2N4O4/c1-23(2,3)34-22(32)30-9-8-16(12-24(30,4)5)33-18-11-20(28-14-17(18)25)29-21(31)10-15-6-7-19(26)27-13-15/h6-7,11,13-14,16H,8-10,12H2,1-5H3,(H,28,29,31). The van der Waals surface area contributed by atoms with Crippen molar-refractivity contribution in [2.24, 2.45) is 0 Å². The minimum Gasteiger partial charge on any atom is -0.489 e. The van der Waals surface area contributed by atoms with Gasteiger partial charge in [0.1, 0.15) is 33.4 Å². The molecule has 0 saturated carbocycles. The molecule has 1 N–H and O–H groups in total. The number of hydrogen-bond donors (Lipinski definition) is 1. The van der Waals surface area contributed by atoms with Crippen LogP contribution >= 0.6 is 23.2 Å². The number of hydrogen-bond acceptors (Lipinski definition) is 6. The molecule has 0 spiro atoms. The molecule has 3 rings (SSSR count). The average molecular weight is 509 g/mol. The first-order valence-electron chi connectivity index (χ1n) is 11.1. The van der Waals surface area contributed by atoms with Gasteiger partial charge in [0.2, 0.25) is 5.91 Å². The third kappa shape index (κ3) is 7.21. The number of piperidine rings is 1. The zero-order valence-corrected chi connectivity index (χ0v) is 21.5. The summed E-state index contributed by atoms with van der Waals surface area (Å²) in [5.74, 6) is 0.500. The van der Waals surface area contributed by atoms with Gasteiger partial charge >= 0.3 is 6.09 Å². The molecule has 10 heteroatoms. The van der Waals surface area contributed by atoms with Crippen LogP contribution in [0.1, 0.15) is 53.0 Å². The Kier molecular flexibility index (Phi) is 7.93. The number of nitrogens with zero attached hydrogens (tertiary/aromatic N) is 3. The number of carbonyl (C=O) groups is 2. The topological polar surface area (TPSA) is 93.7 Å². The summed E-state index contributed by atoms with van der Waals surface area (Å²) in [7, 11) is 0. The third-order valence-corrected chi connectivity index (χ3v) is 5.79. The van der Waals surface area contributed by atoms with Gasteiger partial charge in [0.15, 0.2) is 0 Å². The fourth-order valence-corrected chi connectivity index (χ4v) is 4.00. The largest absolute Gasteiger partial charge is 0.489 e. The highest BCUT2D eigenvalue weighted by atomic mass is 35.5. The van der Waals surface area contributed by atoms with E-state index >= 15 is 0 Å². The van der Waals surface area contributed by atoms with Gasteiger partial charge in [-0.05, 0) is 46.2 Å². The lowest BCUT2D eigenvalue weighted by Crippen LogP contribution is -2.56. The van der Waals surface area contributed by atoms with E-state index in [1.54, 1.807) is 29.3 Å². The predicted octanol–water partition coefficient (Wildman–Crippen LogP) is 5.52.